The van der Waals surface area contributed by atoms with Gasteiger partial charge in [0.15, 0.2) is 0 Å². The maximum atomic E-state index is 13.3. The maximum Gasteiger partial charge on any atom is 0.255 e. The van der Waals surface area contributed by atoms with Gasteiger partial charge in [-0.1, -0.05) is 17.3 Å². The van der Waals surface area contributed by atoms with Crippen LogP contribution in [0.2, 0.25) is 0 Å². The van der Waals surface area contributed by atoms with Crippen molar-refractivity contribution in [1.82, 2.24) is 10.1 Å². The summed E-state index contributed by atoms with van der Waals surface area (Å²) in [6, 6.07) is 19.5. The lowest BCUT2D eigenvalue weighted by atomic mass is 10.2. The summed E-state index contributed by atoms with van der Waals surface area (Å²) in [6.45, 7) is 4.95. The van der Waals surface area contributed by atoms with Gasteiger partial charge in [-0.25, -0.2) is 0 Å². The number of nitrogens with zero attached hydrogens (tertiary/aromatic N) is 4. The minimum Gasteiger partial charge on any atom is -0.370 e. The Bertz CT molecular complexity index is 1090. The predicted octanol–water partition coefficient (Wildman–Crippen LogP) is 4.50. The standard InChI is InChI=1S/C24H24N4O2S/c1-18-15-21(30-26-18)17-31-23-6-3-2-5-22(23)24(29)28-12-4-11-27(13-14-28)20-9-7-19(16-25)8-10-20/h2-3,5-10,15H,4,11-14,17H2,1H3. The van der Waals surface area contributed by atoms with Crippen LogP contribution < -0.4 is 4.90 Å². The summed E-state index contributed by atoms with van der Waals surface area (Å²) >= 11 is 1.59. The van der Waals surface area contributed by atoms with Crippen LogP contribution in [0.3, 0.4) is 0 Å². The smallest absolute Gasteiger partial charge is 0.255 e. The highest BCUT2D eigenvalue weighted by Crippen LogP contribution is 2.28. The molecule has 4 rings (SSSR count). The maximum absolute atomic E-state index is 13.3. The van der Waals surface area contributed by atoms with Crippen molar-refractivity contribution in [2.75, 3.05) is 31.1 Å². The minimum atomic E-state index is 0.0681. The molecule has 1 amide bonds. The highest BCUT2D eigenvalue weighted by atomic mass is 32.2. The van der Waals surface area contributed by atoms with Crippen molar-refractivity contribution in [3.63, 3.8) is 0 Å². The molecule has 0 aliphatic carbocycles. The molecule has 0 unspecified atom stereocenters. The van der Waals surface area contributed by atoms with E-state index in [1.807, 2.05) is 66.4 Å². The van der Waals surface area contributed by atoms with Crippen LogP contribution in [0, 0.1) is 18.3 Å². The average molecular weight is 433 g/mol. The number of rotatable bonds is 5. The van der Waals surface area contributed by atoms with Gasteiger partial charge in [-0.3, -0.25) is 4.79 Å². The number of amides is 1. The third kappa shape index (κ3) is 5.09. The largest absolute Gasteiger partial charge is 0.370 e. The molecule has 3 aromatic rings. The third-order valence-corrected chi connectivity index (χ3v) is 6.40. The van der Waals surface area contributed by atoms with E-state index in [9.17, 15) is 4.79 Å². The van der Waals surface area contributed by atoms with E-state index < -0.39 is 0 Å². The van der Waals surface area contributed by atoms with Gasteiger partial charge < -0.3 is 14.3 Å². The fraction of sp³-hybridized carbons (Fsp3) is 0.292. The van der Waals surface area contributed by atoms with E-state index in [2.05, 4.69) is 16.1 Å². The van der Waals surface area contributed by atoms with Crippen molar-refractivity contribution in [1.29, 1.82) is 5.26 Å². The molecule has 0 saturated carbocycles. The summed E-state index contributed by atoms with van der Waals surface area (Å²) in [7, 11) is 0. The Labute approximate surface area is 186 Å². The van der Waals surface area contributed by atoms with Crippen LogP contribution in [0.15, 0.2) is 64.0 Å². The molecule has 31 heavy (non-hydrogen) atoms. The normalized spacial score (nSPS) is 14.2. The highest BCUT2D eigenvalue weighted by molar-refractivity contribution is 7.98. The number of thioether (sulfide) groups is 1. The Morgan fingerprint density at radius 2 is 1.94 bits per heavy atom. The molecule has 1 fully saturated rings. The van der Waals surface area contributed by atoms with Gasteiger partial charge in [0.2, 0.25) is 0 Å². The summed E-state index contributed by atoms with van der Waals surface area (Å²) in [5.41, 5.74) is 3.34. The van der Waals surface area contributed by atoms with E-state index in [0.29, 0.717) is 17.9 Å². The Kier molecular flexibility index (Phi) is 6.58. The molecule has 0 atom stereocenters. The Hall–Kier alpha value is -3.24. The molecule has 7 heteroatoms. The second-order valence-corrected chi connectivity index (χ2v) is 8.53. The molecule has 1 aliphatic rings. The van der Waals surface area contributed by atoms with Crippen LogP contribution in [0.5, 0.6) is 0 Å². The lowest BCUT2D eigenvalue weighted by molar-refractivity contribution is 0.0763. The van der Waals surface area contributed by atoms with Crippen LogP contribution in [0.1, 0.15) is 33.8 Å². The minimum absolute atomic E-state index is 0.0681. The molecule has 6 nitrogen and oxygen atoms in total. The Morgan fingerprint density at radius 1 is 1.13 bits per heavy atom. The van der Waals surface area contributed by atoms with Crippen molar-refractivity contribution in [2.45, 2.75) is 24.0 Å². The summed E-state index contributed by atoms with van der Waals surface area (Å²) in [4.78, 5) is 18.5. The zero-order valence-corrected chi connectivity index (χ0v) is 18.3. The summed E-state index contributed by atoms with van der Waals surface area (Å²) in [5, 5.41) is 12.9. The number of carbonyl (C=O) groups is 1. The van der Waals surface area contributed by atoms with Gasteiger partial charge in [0.05, 0.1) is 28.6 Å². The first-order valence-corrected chi connectivity index (χ1v) is 11.3. The Balaban J connectivity index is 1.43. The monoisotopic (exact) mass is 432 g/mol. The summed E-state index contributed by atoms with van der Waals surface area (Å²) in [5.74, 6) is 1.51. The number of carbonyl (C=O) groups excluding carboxylic acids is 1. The van der Waals surface area contributed by atoms with Gasteiger partial charge in [0.1, 0.15) is 5.76 Å². The van der Waals surface area contributed by atoms with Gasteiger partial charge in [-0.15, -0.1) is 11.8 Å². The molecule has 0 N–H and O–H groups in total. The van der Waals surface area contributed by atoms with Crippen LogP contribution in [-0.4, -0.2) is 42.1 Å². The van der Waals surface area contributed by atoms with E-state index in [4.69, 9.17) is 9.78 Å². The van der Waals surface area contributed by atoms with E-state index in [1.54, 1.807) is 11.8 Å². The first-order valence-electron chi connectivity index (χ1n) is 10.3. The lowest BCUT2D eigenvalue weighted by Gasteiger charge is -2.24. The second-order valence-electron chi connectivity index (χ2n) is 7.51. The van der Waals surface area contributed by atoms with Crippen molar-refractivity contribution in [2.24, 2.45) is 0 Å². The fourth-order valence-electron chi connectivity index (χ4n) is 3.70. The second kappa shape index (κ2) is 9.71. The van der Waals surface area contributed by atoms with Crippen LogP contribution in [-0.2, 0) is 5.75 Å². The van der Waals surface area contributed by atoms with Gasteiger partial charge >= 0.3 is 0 Å². The molecule has 0 spiro atoms. The van der Waals surface area contributed by atoms with Gasteiger partial charge in [0, 0.05) is 42.8 Å². The van der Waals surface area contributed by atoms with Crippen molar-refractivity contribution >= 4 is 23.4 Å². The van der Waals surface area contributed by atoms with Crippen molar-refractivity contribution < 1.29 is 9.32 Å². The predicted molar refractivity (Wildman–Crippen MR) is 121 cm³/mol. The molecule has 2 aromatic carbocycles. The quantitative estimate of drug-likeness (QED) is 0.553. The molecule has 1 saturated heterocycles. The molecule has 158 valence electrons. The summed E-state index contributed by atoms with van der Waals surface area (Å²) < 4.78 is 5.30. The molecule has 1 aliphatic heterocycles. The zero-order valence-electron chi connectivity index (χ0n) is 17.5. The topological polar surface area (TPSA) is 73.4 Å². The Morgan fingerprint density at radius 3 is 2.68 bits per heavy atom. The summed E-state index contributed by atoms with van der Waals surface area (Å²) in [6.07, 6.45) is 0.901. The van der Waals surface area contributed by atoms with E-state index >= 15 is 0 Å². The van der Waals surface area contributed by atoms with Gasteiger partial charge in [-0.2, -0.15) is 5.26 Å². The first-order chi connectivity index (χ1) is 15.1. The number of hydrogen-bond donors (Lipinski definition) is 0. The molecule has 0 radical (unpaired) electrons. The zero-order chi connectivity index (χ0) is 21.6. The van der Waals surface area contributed by atoms with Crippen LogP contribution >= 0.6 is 11.8 Å². The van der Waals surface area contributed by atoms with E-state index in [1.165, 1.54) is 0 Å². The van der Waals surface area contributed by atoms with Crippen molar-refractivity contribution in [3.8, 4) is 6.07 Å². The average Bonchev–Trinajstić information content (AvgIpc) is 3.07. The molecule has 0 bridgehead atoms. The van der Waals surface area contributed by atoms with Crippen molar-refractivity contribution in [3.05, 3.63) is 77.2 Å². The van der Waals surface area contributed by atoms with Gasteiger partial charge in [0.25, 0.3) is 5.91 Å². The number of nitriles is 1. The molecular weight excluding hydrogens is 408 g/mol. The number of aryl methyl sites for hydroxylation is 1. The SMILES string of the molecule is Cc1cc(CSc2ccccc2C(=O)N2CCCN(c3ccc(C#N)cc3)CC2)on1. The third-order valence-electron chi connectivity index (χ3n) is 5.31. The van der Waals surface area contributed by atoms with Crippen LogP contribution in [0.4, 0.5) is 5.69 Å². The number of benzene rings is 2. The first kappa shape index (κ1) is 21.0. The molecule has 1 aromatic heterocycles. The van der Waals surface area contributed by atoms with Gasteiger partial charge in [-0.05, 0) is 49.7 Å². The number of hydrogen-bond acceptors (Lipinski definition) is 6. The van der Waals surface area contributed by atoms with E-state index in [0.717, 1.165) is 53.7 Å². The van der Waals surface area contributed by atoms with E-state index in [-0.39, 0.29) is 5.91 Å². The lowest BCUT2D eigenvalue weighted by Crippen LogP contribution is -2.35. The number of anilines is 1. The highest BCUT2D eigenvalue weighted by Gasteiger charge is 2.22. The number of aromatic nitrogens is 1. The van der Waals surface area contributed by atoms with Crippen LogP contribution in [0.25, 0.3) is 0 Å². The fourth-order valence-corrected chi connectivity index (χ4v) is 4.62. The molecular formula is C24H24N4O2S. The molecule has 2 heterocycles.